The standard InChI is InChI=1S/C18H24FNO2/c1-13(21)14-5-3-10-20(12-14)17(22)18(8-4-9-18)15-6-2-7-16(19)11-15/h2,6-7,11,13-14,21H,3-5,8-10,12H2,1H3. The van der Waals surface area contributed by atoms with Crippen molar-refractivity contribution in [3.8, 4) is 0 Å². The molecule has 4 heteroatoms. The summed E-state index contributed by atoms with van der Waals surface area (Å²) in [6.45, 7) is 3.16. The highest BCUT2D eigenvalue weighted by Crippen LogP contribution is 2.45. The van der Waals surface area contributed by atoms with Crippen LogP contribution in [0.3, 0.4) is 0 Å². The number of piperidine rings is 1. The minimum atomic E-state index is -0.539. The maximum Gasteiger partial charge on any atom is 0.233 e. The molecule has 1 aromatic rings. The van der Waals surface area contributed by atoms with Gasteiger partial charge in [0.05, 0.1) is 11.5 Å². The molecule has 3 nitrogen and oxygen atoms in total. The van der Waals surface area contributed by atoms with Crippen LogP contribution in [-0.4, -0.2) is 35.1 Å². The number of hydrogen-bond donors (Lipinski definition) is 1. The van der Waals surface area contributed by atoms with Crippen molar-refractivity contribution in [1.29, 1.82) is 0 Å². The van der Waals surface area contributed by atoms with Gasteiger partial charge in [-0.05, 0) is 50.3 Å². The van der Waals surface area contributed by atoms with Gasteiger partial charge in [-0.2, -0.15) is 0 Å². The van der Waals surface area contributed by atoms with Gasteiger partial charge in [-0.15, -0.1) is 0 Å². The smallest absolute Gasteiger partial charge is 0.233 e. The van der Waals surface area contributed by atoms with Crippen molar-refractivity contribution in [2.75, 3.05) is 13.1 Å². The Kier molecular flexibility index (Phi) is 4.22. The second-order valence-electron chi connectivity index (χ2n) is 6.84. The lowest BCUT2D eigenvalue weighted by Crippen LogP contribution is -2.54. The van der Waals surface area contributed by atoms with Gasteiger partial charge in [0.15, 0.2) is 0 Å². The van der Waals surface area contributed by atoms with Crippen molar-refractivity contribution in [1.82, 2.24) is 4.90 Å². The lowest BCUT2D eigenvalue weighted by atomic mass is 9.63. The monoisotopic (exact) mass is 305 g/mol. The van der Waals surface area contributed by atoms with Gasteiger partial charge in [0.1, 0.15) is 5.82 Å². The zero-order valence-corrected chi connectivity index (χ0v) is 13.1. The van der Waals surface area contributed by atoms with Crippen LogP contribution < -0.4 is 0 Å². The van der Waals surface area contributed by atoms with Crippen molar-refractivity contribution >= 4 is 5.91 Å². The van der Waals surface area contributed by atoms with Crippen LogP contribution in [0.2, 0.25) is 0 Å². The summed E-state index contributed by atoms with van der Waals surface area (Å²) in [6, 6.07) is 6.49. The number of halogens is 1. The van der Waals surface area contributed by atoms with Crippen molar-refractivity contribution in [3.05, 3.63) is 35.6 Å². The van der Waals surface area contributed by atoms with Crippen LogP contribution in [0.4, 0.5) is 4.39 Å². The minimum Gasteiger partial charge on any atom is -0.393 e. The molecule has 3 rings (SSSR count). The van der Waals surface area contributed by atoms with E-state index in [0.717, 1.165) is 44.2 Å². The average Bonchev–Trinajstić information content (AvgIpc) is 2.46. The Labute approximate surface area is 131 Å². The van der Waals surface area contributed by atoms with Gasteiger partial charge >= 0.3 is 0 Å². The number of carbonyl (C=O) groups excluding carboxylic acids is 1. The molecule has 1 N–H and O–H groups in total. The lowest BCUT2D eigenvalue weighted by molar-refractivity contribution is -0.143. The first kappa shape index (κ1) is 15.5. The second kappa shape index (κ2) is 5.99. The predicted octanol–water partition coefficient (Wildman–Crippen LogP) is 2.87. The number of benzene rings is 1. The molecule has 0 bridgehead atoms. The van der Waals surface area contributed by atoms with Crippen molar-refractivity contribution in [2.45, 2.75) is 50.5 Å². The van der Waals surface area contributed by atoms with E-state index >= 15 is 0 Å². The molecule has 1 heterocycles. The maximum absolute atomic E-state index is 13.6. The molecule has 1 amide bonds. The normalized spacial score (nSPS) is 25.4. The summed E-state index contributed by atoms with van der Waals surface area (Å²) in [5, 5.41) is 9.82. The summed E-state index contributed by atoms with van der Waals surface area (Å²) in [5.41, 5.74) is 0.269. The summed E-state index contributed by atoms with van der Waals surface area (Å²) in [5.74, 6) is -0.00545. The van der Waals surface area contributed by atoms with Crippen molar-refractivity contribution < 1.29 is 14.3 Å². The van der Waals surface area contributed by atoms with Crippen LogP contribution in [0, 0.1) is 11.7 Å². The van der Waals surface area contributed by atoms with Gasteiger partial charge in [-0.3, -0.25) is 4.79 Å². The zero-order valence-electron chi connectivity index (χ0n) is 13.1. The van der Waals surface area contributed by atoms with Gasteiger partial charge in [-0.1, -0.05) is 18.6 Å². The number of hydrogen-bond acceptors (Lipinski definition) is 2. The van der Waals surface area contributed by atoms with Crippen LogP contribution in [0.25, 0.3) is 0 Å². The number of nitrogens with zero attached hydrogens (tertiary/aromatic N) is 1. The highest BCUT2D eigenvalue weighted by Gasteiger charge is 2.48. The van der Waals surface area contributed by atoms with Gasteiger partial charge in [-0.25, -0.2) is 4.39 Å². The van der Waals surface area contributed by atoms with Gasteiger partial charge in [0.25, 0.3) is 0 Å². The summed E-state index contributed by atoms with van der Waals surface area (Å²) < 4.78 is 13.6. The number of aliphatic hydroxyl groups is 1. The molecule has 2 aliphatic rings. The third-order valence-electron chi connectivity index (χ3n) is 5.42. The largest absolute Gasteiger partial charge is 0.393 e. The van der Waals surface area contributed by atoms with Gasteiger partial charge in [0, 0.05) is 19.0 Å². The fourth-order valence-corrected chi connectivity index (χ4v) is 3.83. The lowest BCUT2D eigenvalue weighted by Gasteiger charge is -2.46. The zero-order chi connectivity index (χ0) is 15.7. The Hall–Kier alpha value is -1.42. The summed E-state index contributed by atoms with van der Waals surface area (Å²) >= 11 is 0. The number of aliphatic hydroxyl groups excluding tert-OH is 1. The molecule has 1 aliphatic carbocycles. The quantitative estimate of drug-likeness (QED) is 0.933. The van der Waals surface area contributed by atoms with E-state index < -0.39 is 5.41 Å². The van der Waals surface area contributed by atoms with E-state index in [-0.39, 0.29) is 23.7 Å². The summed E-state index contributed by atoms with van der Waals surface area (Å²) in [7, 11) is 0. The summed E-state index contributed by atoms with van der Waals surface area (Å²) in [6.07, 6.45) is 4.11. The Morgan fingerprint density at radius 3 is 2.77 bits per heavy atom. The first-order valence-corrected chi connectivity index (χ1v) is 8.26. The Bertz CT molecular complexity index is 554. The maximum atomic E-state index is 13.6. The molecule has 0 radical (unpaired) electrons. The Morgan fingerprint density at radius 2 is 2.18 bits per heavy atom. The van der Waals surface area contributed by atoms with Crippen LogP contribution in [0.15, 0.2) is 24.3 Å². The van der Waals surface area contributed by atoms with Crippen molar-refractivity contribution in [2.24, 2.45) is 5.92 Å². The second-order valence-corrected chi connectivity index (χ2v) is 6.84. The van der Waals surface area contributed by atoms with E-state index in [1.165, 1.54) is 12.1 Å². The van der Waals surface area contributed by atoms with Crippen molar-refractivity contribution in [3.63, 3.8) is 0 Å². The molecule has 1 aliphatic heterocycles. The van der Waals surface area contributed by atoms with Crippen LogP contribution in [-0.2, 0) is 10.2 Å². The molecule has 120 valence electrons. The molecular weight excluding hydrogens is 281 g/mol. The van der Waals surface area contributed by atoms with E-state index in [0.29, 0.717) is 6.54 Å². The Balaban J connectivity index is 1.83. The number of rotatable bonds is 3. The number of carbonyl (C=O) groups is 1. The summed E-state index contributed by atoms with van der Waals surface area (Å²) in [4.78, 5) is 15.0. The molecule has 2 unspecified atom stereocenters. The fraction of sp³-hybridized carbons (Fsp3) is 0.611. The molecule has 0 spiro atoms. The topological polar surface area (TPSA) is 40.5 Å². The van der Waals surface area contributed by atoms with Gasteiger partial charge < -0.3 is 10.0 Å². The number of likely N-dealkylation sites (tertiary alicyclic amines) is 1. The highest BCUT2D eigenvalue weighted by atomic mass is 19.1. The first-order valence-electron chi connectivity index (χ1n) is 8.26. The number of amides is 1. The van der Waals surface area contributed by atoms with E-state index in [1.54, 1.807) is 13.0 Å². The SMILES string of the molecule is CC(O)C1CCCN(C(=O)C2(c3cccc(F)c3)CCC2)C1. The molecule has 2 fully saturated rings. The van der Waals surface area contributed by atoms with Crippen LogP contribution >= 0.6 is 0 Å². The first-order chi connectivity index (χ1) is 10.5. The predicted molar refractivity (Wildman–Crippen MR) is 82.9 cm³/mol. The molecule has 2 atom stereocenters. The van der Waals surface area contributed by atoms with E-state index in [2.05, 4.69) is 0 Å². The highest BCUT2D eigenvalue weighted by molar-refractivity contribution is 5.89. The minimum absolute atomic E-state index is 0.120. The molecule has 22 heavy (non-hydrogen) atoms. The third kappa shape index (κ3) is 2.65. The molecule has 1 aromatic carbocycles. The van der Waals surface area contributed by atoms with Crippen LogP contribution in [0.5, 0.6) is 0 Å². The molecule has 1 saturated carbocycles. The van der Waals surface area contributed by atoms with E-state index in [4.69, 9.17) is 0 Å². The third-order valence-corrected chi connectivity index (χ3v) is 5.42. The van der Waals surface area contributed by atoms with Crippen LogP contribution in [0.1, 0.15) is 44.6 Å². The average molecular weight is 305 g/mol. The fourth-order valence-electron chi connectivity index (χ4n) is 3.83. The molecular formula is C18H24FNO2. The van der Waals surface area contributed by atoms with E-state index in [9.17, 15) is 14.3 Å². The van der Waals surface area contributed by atoms with Gasteiger partial charge in [0.2, 0.25) is 5.91 Å². The molecule has 1 saturated heterocycles. The Morgan fingerprint density at radius 1 is 1.41 bits per heavy atom. The molecule has 0 aromatic heterocycles. The van der Waals surface area contributed by atoms with E-state index in [1.807, 2.05) is 11.0 Å².